The van der Waals surface area contributed by atoms with E-state index >= 15 is 0 Å². The Bertz CT molecular complexity index is 625. The Hall–Kier alpha value is -1.40. The molecule has 0 bridgehead atoms. The van der Waals surface area contributed by atoms with Crippen molar-refractivity contribution in [3.05, 3.63) is 29.6 Å². The zero-order valence-corrected chi connectivity index (χ0v) is 14.4. The van der Waals surface area contributed by atoms with Crippen molar-refractivity contribution in [2.75, 3.05) is 13.1 Å². The standard InChI is InChI=1S/C17H23BFNO3/c1-11-9-20(10-11)15(21)12-6-13(8-14(19)7-12)18-22-16(2,3)17(4,5)23-18/h6-8,11H,9-10H2,1-5H3. The summed E-state index contributed by atoms with van der Waals surface area (Å²) in [6.45, 7) is 11.3. The van der Waals surface area contributed by atoms with Crippen LogP contribution in [0.4, 0.5) is 4.39 Å². The Labute approximate surface area is 137 Å². The number of hydrogen-bond donors (Lipinski definition) is 0. The maximum atomic E-state index is 14.0. The molecule has 2 fully saturated rings. The molecule has 0 aliphatic carbocycles. The molecule has 3 rings (SSSR count). The van der Waals surface area contributed by atoms with Crippen LogP contribution in [0.1, 0.15) is 45.0 Å². The molecule has 0 aromatic heterocycles. The molecule has 0 N–H and O–H groups in total. The zero-order valence-electron chi connectivity index (χ0n) is 14.4. The Morgan fingerprint density at radius 3 is 2.26 bits per heavy atom. The van der Waals surface area contributed by atoms with Gasteiger partial charge in [0.1, 0.15) is 5.82 Å². The van der Waals surface area contributed by atoms with Crippen molar-refractivity contribution in [3.63, 3.8) is 0 Å². The van der Waals surface area contributed by atoms with E-state index in [9.17, 15) is 9.18 Å². The molecule has 124 valence electrons. The number of carbonyl (C=O) groups excluding carboxylic acids is 1. The molecule has 2 saturated heterocycles. The SMILES string of the molecule is CC1CN(C(=O)c2cc(F)cc(B3OC(C)(C)C(C)(C)O3)c2)C1. The molecular weight excluding hydrogens is 296 g/mol. The van der Waals surface area contributed by atoms with Crippen molar-refractivity contribution in [2.24, 2.45) is 5.92 Å². The summed E-state index contributed by atoms with van der Waals surface area (Å²) in [7, 11) is -0.669. The molecule has 1 amide bonds. The normalized spacial score (nSPS) is 23.0. The monoisotopic (exact) mass is 319 g/mol. The molecular formula is C17H23BFNO3. The van der Waals surface area contributed by atoms with Crippen molar-refractivity contribution in [3.8, 4) is 0 Å². The van der Waals surface area contributed by atoms with Gasteiger partial charge in [-0.1, -0.05) is 6.92 Å². The topological polar surface area (TPSA) is 38.8 Å². The average Bonchev–Trinajstić information content (AvgIpc) is 2.62. The molecule has 0 radical (unpaired) electrons. The second-order valence-electron chi connectivity index (χ2n) is 7.68. The minimum absolute atomic E-state index is 0.139. The molecule has 0 spiro atoms. The van der Waals surface area contributed by atoms with Crippen molar-refractivity contribution in [1.82, 2.24) is 4.90 Å². The highest BCUT2D eigenvalue weighted by Gasteiger charge is 2.51. The lowest BCUT2D eigenvalue weighted by atomic mass is 9.78. The Morgan fingerprint density at radius 2 is 1.74 bits per heavy atom. The van der Waals surface area contributed by atoms with Gasteiger partial charge in [-0.3, -0.25) is 4.79 Å². The number of rotatable bonds is 2. The zero-order chi connectivity index (χ0) is 17.0. The van der Waals surface area contributed by atoms with Gasteiger partial charge in [0.2, 0.25) is 0 Å². The lowest BCUT2D eigenvalue weighted by Gasteiger charge is -2.37. The predicted octanol–water partition coefficient (Wildman–Crippen LogP) is 2.22. The third kappa shape index (κ3) is 2.90. The van der Waals surface area contributed by atoms with Gasteiger partial charge in [0.15, 0.2) is 0 Å². The number of amides is 1. The first-order valence-corrected chi connectivity index (χ1v) is 8.04. The van der Waals surface area contributed by atoms with Crippen LogP contribution in [0.25, 0.3) is 0 Å². The molecule has 6 heteroatoms. The van der Waals surface area contributed by atoms with E-state index in [1.54, 1.807) is 11.0 Å². The summed E-state index contributed by atoms with van der Waals surface area (Å²) in [5, 5.41) is 0. The van der Waals surface area contributed by atoms with Crippen LogP contribution < -0.4 is 5.46 Å². The van der Waals surface area contributed by atoms with Gasteiger partial charge in [-0.15, -0.1) is 0 Å². The summed E-state index contributed by atoms with van der Waals surface area (Å²) in [6.07, 6.45) is 0. The summed E-state index contributed by atoms with van der Waals surface area (Å²) >= 11 is 0. The van der Waals surface area contributed by atoms with E-state index in [1.807, 2.05) is 27.7 Å². The van der Waals surface area contributed by atoms with Crippen LogP contribution in [-0.2, 0) is 9.31 Å². The first-order chi connectivity index (χ1) is 10.6. The summed E-state index contributed by atoms with van der Waals surface area (Å²) in [4.78, 5) is 14.2. The Morgan fingerprint density at radius 1 is 1.17 bits per heavy atom. The molecule has 2 aliphatic rings. The fraction of sp³-hybridized carbons (Fsp3) is 0.588. The maximum absolute atomic E-state index is 14.0. The van der Waals surface area contributed by atoms with E-state index in [4.69, 9.17) is 9.31 Å². The van der Waals surface area contributed by atoms with Gasteiger partial charge in [0.05, 0.1) is 11.2 Å². The van der Waals surface area contributed by atoms with Crippen LogP contribution in [0.5, 0.6) is 0 Å². The molecule has 1 aromatic carbocycles. The van der Waals surface area contributed by atoms with Crippen LogP contribution in [0.15, 0.2) is 18.2 Å². The number of halogens is 1. The smallest absolute Gasteiger partial charge is 0.399 e. The van der Waals surface area contributed by atoms with E-state index in [2.05, 4.69) is 6.92 Å². The summed E-state index contributed by atoms with van der Waals surface area (Å²) in [5.41, 5.74) is -0.107. The Kier molecular flexibility index (Phi) is 3.80. The molecule has 23 heavy (non-hydrogen) atoms. The van der Waals surface area contributed by atoms with Gasteiger partial charge in [0.25, 0.3) is 5.91 Å². The molecule has 0 saturated carbocycles. The lowest BCUT2D eigenvalue weighted by Crippen LogP contribution is -2.49. The van der Waals surface area contributed by atoms with Crippen molar-refractivity contribution in [2.45, 2.75) is 45.8 Å². The number of benzene rings is 1. The molecule has 0 unspecified atom stereocenters. The largest absolute Gasteiger partial charge is 0.494 e. The van der Waals surface area contributed by atoms with Crippen LogP contribution in [0.2, 0.25) is 0 Å². The van der Waals surface area contributed by atoms with Crippen molar-refractivity contribution >= 4 is 18.5 Å². The molecule has 1 aromatic rings. The van der Waals surface area contributed by atoms with Gasteiger partial charge in [-0.2, -0.15) is 0 Å². The van der Waals surface area contributed by atoms with E-state index in [1.165, 1.54) is 12.1 Å². The fourth-order valence-corrected chi connectivity index (χ4v) is 2.90. The van der Waals surface area contributed by atoms with Gasteiger partial charge >= 0.3 is 7.12 Å². The molecule has 4 nitrogen and oxygen atoms in total. The minimum Gasteiger partial charge on any atom is -0.399 e. The van der Waals surface area contributed by atoms with Gasteiger partial charge in [-0.25, -0.2) is 4.39 Å². The quantitative estimate of drug-likeness (QED) is 0.785. The van der Waals surface area contributed by atoms with Crippen molar-refractivity contribution < 1.29 is 18.5 Å². The number of carbonyl (C=O) groups is 1. The average molecular weight is 319 g/mol. The highest BCUT2D eigenvalue weighted by Crippen LogP contribution is 2.36. The van der Waals surface area contributed by atoms with Crippen LogP contribution in [-0.4, -0.2) is 42.2 Å². The van der Waals surface area contributed by atoms with Crippen LogP contribution in [0.3, 0.4) is 0 Å². The highest BCUT2D eigenvalue weighted by molar-refractivity contribution is 6.62. The van der Waals surface area contributed by atoms with Crippen LogP contribution >= 0.6 is 0 Å². The van der Waals surface area contributed by atoms with E-state index in [0.29, 0.717) is 16.9 Å². The van der Waals surface area contributed by atoms with E-state index < -0.39 is 24.1 Å². The number of nitrogens with zero attached hydrogens (tertiary/aromatic N) is 1. The molecule has 0 atom stereocenters. The van der Waals surface area contributed by atoms with Gasteiger partial charge in [-0.05, 0) is 57.3 Å². The number of likely N-dealkylation sites (tertiary alicyclic amines) is 1. The summed E-state index contributed by atoms with van der Waals surface area (Å²) < 4.78 is 25.9. The Balaban J connectivity index is 1.86. The lowest BCUT2D eigenvalue weighted by molar-refractivity contribution is 0.00578. The third-order valence-electron chi connectivity index (χ3n) is 5.04. The third-order valence-corrected chi connectivity index (χ3v) is 5.04. The van der Waals surface area contributed by atoms with Gasteiger partial charge in [0, 0.05) is 18.7 Å². The molecule has 2 aliphatic heterocycles. The summed E-state index contributed by atoms with van der Waals surface area (Å²) in [5.74, 6) is -0.0791. The number of hydrogen-bond acceptors (Lipinski definition) is 3. The second-order valence-corrected chi connectivity index (χ2v) is 7.68. The predicted molar refractivity (Wildman–Crippen MR) is 87.2 cm³/mol. The second kappa shape index (κ2) is 5.31. The van der Waals surface area contributed by atoms with E-state index in [-0.39, 0.29) is 5.91 Å². The van der Waals surface area contributed by atoms with Crippen molar-refractivity contribution in [1.29, 1.82) is 0 Å². The maximum Gasteiger partial charge on any atom is 0.494 e. The first kappa shape index (κ1) is 16.5. The fourth-order valence-electron chi connectivity index (χ4n) is 2.90. The highest BCUT2D eigenvalue weighted by atomic mass is 19.1. The first-order valence-electron chi connectivity index (χ1n) is 8.04. The summed E-state index contributed by atoms with van der Waals surface area (Å²) in [6, 6.07) is 4.33. The van der Waals surface area contributed by atoms with Gasteiger partial charge < -0.3 is 14.2 Å². The van der Waals surface area contributed by atoms with E-state index in [0.717, 1.165) is 13.1 Å². The van der Waals surface area contributed by atoms with Crippen LogP contribution in [0, 0.1) is 11.7 Å². The minimum atomic E-state index is -0.669. The molecule has 2 heterocycles.